The molecule has 1 aliphatic carbocycles. The predicted octanol–water partition coefficient (Wildman–Crippen LogP) is 3.09. The van der Waals surface area contributed by atoms with Crippen LogP contribution in [0.5, 0.6) is 0 Å². The zero-order chi connectivity index (χ0) is 16.6. The van der Waals surface area contributed by atoms with Crippen LogP contribution in [-0.2, 0) is 4.79 Å². The van der Waals surface area contributed by atoms with E-state index in [9.17, 15) is 4.79 Å². The number of hydrogen-bond acceptors (Lipinski definition) is 3. The minimum Gasteiger partial charge on any atom is -0.388 e. The molecule has 0 saturated heterocycles. The third-order valence-corrected chi connectivity index (χ3v) is 5.24. The van der Waals surface area contributed by atoms with Crippen molar-refractivity contribution in [2.24, 2.45) is 5.73 Å². The average molecular weight is 314 g/mol. The Labute approximate surface area is 137 Å². The number of nitrogens with one attached hydrogen (secondary N) is 2. The van der Waals surface area contributed by atoms with Crippen molar-refractivity contribution in [3.05, 3.63) is 23.3 Å². The van der Waals surface area contributed by atoms with Gasteiger partial charge in [-0.3, -0.25) is 10.2 Å². The molecule has 2 aliphatic rings. The SMILES string of the molecule is Cc1cc2c(cc1C)N(CCC(=N)N)C(=O)C1(CCCCC1)N2. The Morgan fingerprint density at radius 2 is 1.91 bits per heavy atom. The fourth-order valence-electron chi connectivity index (χ4n) is 3.75. The van der Waals surface area contributed by atoms with E-state index >= 15 is 0 Å². The van der Waals surface area contributed by atoms with Crippen molar-refractivity contribution in [1.29, 1.82) is 5.41 Å². The standard InChI is InChI=1S/C18H26N4O/c1-12-10-14-15(11-13(12)2)22(9-6-16(19)20)17(23)18(21-14)7-4-3-5-8-18/h10-11,21H,3-9H2,1-2H3,(H3,19,20). The van der Waals surface area contributed by atoms with Gasteiger partial charge in [0.2, 0.25) is 0 Å². The number of nitrogens with two attached hydrogens (primary N) is 1. The molecule has 1 aromatic rings. The van der Waals surface area contributed by atoms with Crippen LogP contribution in [0.4, 0.5) is 11.4 Å². The second kappa shape index (κ2) is 5.87. The highest BCUT2D eigenvalue weighted by Crippen LogP contribution is 2.43. The van der Waals surface area contributed by atoms with Crippen LogP contribution in [0.1, 0.15) is 49.7 Å². The summed E-state index contributed by atoms with van der Waals surface area (Å²) >= 11 is 0. The number of amides is 1. The Kier molecular flexibility index (Phi) is 4.04. The average Bonchev–Trinajstić information content (AvgIpc) is 2.51. The molecular formula is C18H26N4O. The van der Waals surface area contributed by atoms with Gasteiger partial charge < -0.3 is 16.0 Å². The van der Waals surface area contributed by atoms with E-state index in [1.807, 2.05) is 4.90 Å². The summed E-state index contributed by atoms with van der Waals surface area (Å²) in [6, 6.07) is 4.22. The van der Waals surface area contributed by atoms with Gasteiger partial charge in [0, 0.05) is 13.0 Å². The van der Waals surface area contributed by atoms with Gasteiger partial charge in [0.25, 0.3) is 5.91 Å². The Bertz CT molecular complexity index is 647. The van der Waals surface area contributed by atoms with Crippen molar-refractivity contribution in [3.63, 3.8) is 0 Å². The van der Waals surface area contributed by atoms with Crippen molar-refractivity contribution in [2.45, 2.75) is 57.9 Å². The maximum atomic E-state index is 13.2. The van der Waals surface area contributed by atoms with E-state index in [0.717, 1.165) is 37.1 Å². The van der Waals surface area contributed by atoms with Gasteiger partial charge in [-0.1, -0.05) is 19.3 Å². The van der Waals surface area contributed by atoms with Crippen molar-refractivity contribution >= 4 is 23.1 Å². The summed E-state index contributed by atoms with van der Waals surface area (Å²) in [6.45, 7) is 4.64. The van der Waals surface area contributed by atoms with Gasteiger partial charge in [-0.25, -0.2) is 0 Å². The Hall–Kier alpha value is -2.04. The number of carbonyl (C=O) groups excluding carboxylic acids is 1. The van der Waals surface area contributed by atoms with Crippen molar-refractivity contribution in [1.82, 2.24) is 0 Å². The minimum atomic E-state index is -0.469. The first-order chi connectivity index (χ1) is 10.9. The number of fused-ring (bicyclic) bond motifs is 1. The molecule has 0 unspecified atom stereocenters. The molecule has 0 aromatic heterocycles. The largest absolute Gasteiger partial charge is 0.388 e. The van der Waals surface area contributed by atoms with Crippen LogP contribution in [0.15, 0.2) is 12.1 Å². The molecule has 5 heteroatoms. The lowest BCUT2D eigenvalue weighted by Crippen LogP contribution is -2.58. The number of amidine groups is 1. The highest BCUT2D eigenvalue weighted by Gasteiger charge is 2.46. The van der Waals surface area contributed by atoms with Gasteiger partial charge in [-0.15, -0.1) is 0 Å². The maximum Gasteiger partial charge on any atom is 0.252 e. The van der Waals surface area contributed by atoms with Crippen molar-refractivity contribution in [3.8, 4) is 0 Å². The molecule has 0 bridgehead atoms. The second-order valence-corrected chi connectivity index (χ2v) is 6.95. The molecule has 3 rings (SSSR count). The lowest BCUT2D eigenvalue weighted by molar-refractivity contribution is -0.124. The van der Waals surface area contributed by atoms with Crippen LogP contribution in [0.3, 0.4) is 0 Å². The predicted molar refractivity (Wildman–Crippen MR) is 94.2 cm³/mol. The van der Waals surface area contributed by atoms with Gasteiger partial charge in [-0.2, -0.15) is 0 Å². The van der Waals surface area contributed by atoms with E-state index in [1.165, 1.54) is 17.5 Å². The lowest BCUT2D eigenvalue weighted by atomic mass is 9.78. The van der Waals surface area contributed by atoms with Gasteiger partial charge in [0.05, 0.1) is 17.2 Å². The quantitative estimate of drug-likeness (QED) is 0.592. The molecule has 4 N–H and O–H groups in total. The topological polar surface area (TPSA) is 82.2 Å². The van der Waals surface area contributed by atoms with Gasteiger partial charge in [-0.05, 0) is 49.9 Å². The normalized spacial score (nSPS) is 19.4. The van der Waals surface area contributed by atoms with E-state index in [1.54, 1.807) is 0 Å². The smallest absolute Gasteiger partial charge is 0.252 e. The van der Waals surface area contributed by atoms with Crippen LogP contribution >= 0.6 is 0 Å². The molecule has 1 saturated carbocycles. The number of aryl methyl sites for hydroxylation is 2. The molecule has 1 spiro atoms. The van der Waals surface area contributed by atoms with Gasteiger partial charge >= 0.3 is 0 Å². The minimum absolute atomic E-state index is 0.124. The Balaban J connectivity index is 2.03. The van der Waals surface area contributed by atoms with Crippen molar-refractivity contribution < 1.29 is 4.79 Å². The summed E-state index contributed by atoms with van der Waals surface area (Å²) in [5, 5.41) is 11.1. The highest BCUT2D eigenvalue weighted by atomic mass is 16.2. The second-order valence-electron chi connectivity index (χ2n) is 6.95. The van der Waals surface area contributed by atoms with Crippen LogP contribution in [0.2, 0.25) is 0 Å². The summed E-state index contributed by atoms with van der Waals surface area (Å²) in [5.74, 6) is 0.272. The molecule has 5 nitrogen and oxygen atoms in total. The number of rotatable bonds is 3. The molecule has 0 radical (unpaired) electrons. The zero-order valence-corrected chi connectivity index (χ0v) is 14.0. The first kappa shape index (κ1) is 15.8. The molecule has 1 amide bonds. The zero-order valence-electron chi connectivity index (χ0n) is 14.0. The number of benzene rings is 1. The van der Waals surface area contributed by atoms with Crippen LogP contribution < -0.4 is 16.0 Å². The molecule has 1 aromatic carbocycles. The molecular weight excluding hydrogens is 288 g/mol. The van der Waals surface area contributed by atoms with E-state index in [2.05, 4.69) is 31.3 Å². The molecule has 23 heavy (non-hydrogen) atoms. The third kappa shape index (κ3) is 2.80. The highest BCUT2D eigenvalue weighted by molar-refractivity contribution is 6.08. The molecule has 1 aliphatic heterocycles. The lowest BCUT2D eigenvalue weighted by Gasteiger charge is -2.46. The first-order valence-corrected chi connectivity index (χ1v) is 8.47. The number of anilines is 2. The third-order valence-electron chi connectivity index (χ3n) is 5.24. The van der Waals surface area contributed by atoms with Gasteiger partial charge in [0.15, 0.2) is 0 Å². The first-order valence-electron chi connectivity index (χ1n) is 8.47. The van der Waals surface area contributed by atoms with E-state index in [4.69, 9.17) is 11.1 Å². The molecule has 1 heterocycles. The fraction of sp³-hybridized carbons (Fsp3) is 0.556. The Morgan fingerprint density at radius 3 is 2.57 bits per heavy atom. The van der Waals surface area contributed by atoms with E-state index in [0.29, 0.717) is 13.0 Å². The van der Waals surface area contributed by atoms with Crippen LogP contribution in [0.25, 0.3) is 0 Å². The molecule has 1 fully saturated rings. The number of nitrogens with zero attached hydrogens (tertiary/aromatic N) is 1. The summed E-state index contributed by atoms with van der Waals surface area (Å²) in [7, 11) is 0. The van der Waals surface area contributed by atoms with E-state index in [-0.39, 0.29) is 11.7 Å². The summed E-state index contributed by atoms with van der Waals surface area (Å²) in [4.78, 5) is 15.1. The van der Waals surface area contributed by atoms with E-state index < -0.39 is 5.54 Å². The number of hydrogen-bond donors (Lipinski definition) is 3. The molecule has 124 valence electrons. The summed E-state index contributed by atoms with van der Waals surface area (Å²) < 4.78 is 0. The van der Waals surface area contributed by atoms with Crippen molar-refractivity contribution in [2.75, 3.05) is 16.8 Å². The fourth-order valence-corrected chi connectivity index (χ4v) is 3.75. The van der Waals surface area contributed by atoms with Crippen LogP contribution in [-0.4, -0.2) is 23.8 Å². The van der Waals surface area contributed by atoms with Crippen LogP contribution in [0, 0.1) is 19.3 Å². The Morgan fingerprint density at radius 1 is 1.26 bits per heavy atom. The summed E-state index contributed by atoms with van der Waals surface area (Å²) in [5.41, 5.74) is 9.42. The molecule has 0 atom stereocenters. The summed E-state index contributed by atoms with van der Waals surface area (Å²) in [6.07, 6.45) is 5.54. The monoisotopic (exact) mass is 314 g/mol. The van der Waals surface area contributed by atoms with Gasteiger partial charge in [0.1, 0.15) is 5.54 Å². The maximum absolute atomic E-state index is 13.2. The number of carbonyl (C=O) groups is 1.